The SMILES string of the molecule is NCc1cccc(CS(=O)(=O)NCc2ccccc2F)c1. The van der Waals surface area contributed by atoms with Gasteiger partial charge in [-0.2, -0.15) is 0 Å². The molecule has 3 N–H and O–H groups in total. The van der Waals surface area contributed by atoms with E-state index >= 15 is 0 Å². The molecule has 2 aromatic rings. The van der Waals surface area contributed by atoms with Crippen LogP contribution >= 0.6 is 0 Å². The number of halogens is 1. The third kappa shape index (κ3) is 4.63. The summed E-state index contributed by atoms with van der Waals surface area (Å²) < 4.78 is 39.9. The molecule has 0 saturated carbocycles. The molecule has 0 heterocycles. The predicted molar refractivity (Wildman–Crippen MR) is 80.2 cm³/mol. The number of benzene rings is 2. The lowest BCUT2D eigenvalue weighted by atomic mass is 10.1. The van der Waals surface area contributed by atoms with Crippen molar-refractivity contribution in [2.45, 2.75) is 18.8 Å². The van der Waals surface area contributed by atoms with Crippen LogP contribution in [-0.2, 0) is 28.9 Å². The molecule has 0 atom stereocenters. The Hall–Kier alpha value is -1.76. The zero-order valence-corrected chi connectivity index (χ0v) is 12.2. The van der Waals surface area contributed by atoms with E-state index in [1.165, 1.54) is 6.07 Å². The molecular formula is C15H17FN2O2S. The van der Waals surface area contributed by atoms with Crippen molar-refractivity contribution >= 4 is 10.0 Å². The number of hydrogen-bond donors (Lipinski definition) is 2. The average Bonchev–Trinajstić information content (AvgIpc) is 2.46. The normalized spacial score (nSPS) is 11.5. The second-order valence-electron chi connectivity index (χ2n) is 4.70. The Balaban J connectivity index is 2.03. The van der Waals surface area contributed by atoms with Crippen LogP contribution in [0.5, 0.6) is 0 Å². The minimum atomic E-state index is -3.53. The topological polar surface area (TPSA) is 72.2 Å². The first-order valence-corrected chi connectivity index (χ1v) is 8.14. The molecule has 0 fully saturated rings. The minimum absolute atomic E-state index is 0.0639. The van der Waals surface area contributed by atoms with E-state index in [1.807, 2.05) is 6.07 Å². The Kier molecular flexibility index (Phi) is 5.06. The van der Waals surface area contributed by atoms with Crippen LogP contribution in [0.4, 0.5) is 4.39 Å². The summed E-state index contributed by atoms with van der Waals surface area (Å²) in [5.74, 6) is -0.583. The summed E-state index contributed by atoms with van der Waals surface area (Å²) in [6, 6.07) is 13.2. The van der Waals surface area contributed by atoms with Crippen molar-refractivity contribution in [2.75, 3.05) is 0 Å². The number of nitrogens with one attached hydrogen (secondary N) is 1. The smallest absolute Gasteiger partial charge is 0.216 e. The number of sulfonamides is 1. The summed E-state index contributed by atoms with van der Waals surface area (Å²) in [5.41, 5.74) is 7.37. The van der Waals surface area contributed by atoms with Crippen molar-refractivity contribution in [3.63, 3.8) is 0 Å². The Morgan fingerprint density at radius 3 is 2.48 bits per heavy atom. The molecule has 2 rings (SSSR count). The highest BCUT2D eigenvalue weighted by atomic mass is 32.2. The summed E-state index contributed by atoms with van der Waals surface area (Å²) >= 11 is 0. The van der Waals surface area contributed by atoms with Gasteiger partial charge in [-0.05, 0) is 17.2 Å². The highest BCUT2D eigenvalue weighted by molar-refractivity contribution is 7.88. The van der Waals surface area contributed by atoms with Gasteiger partial charge in [-0.3, -0.25) is 0 Å². The third-order valence-electron chi connectivity index (χ3n) is 3.02. The lowest BCUT2D eigenvalue weighted by Gasteiger charge is -2.08. The molecule has 0 aromatic heterocycles. The molecule has 4 nitrogen and oxygen atoms in total. The molecule has 0 spiro atoms. The van der Waals surface area contributed by atoms with E-state index < -0.39 is 15.8 Å². The standard InChI is InChI=1S/C15H17FN2O2S/c16-15-7-2-1-6-14(15)10-18-21(19,20)11-13-5-3-4-12(8-13)9-17/h1-8,18H,9-11,17H2. The fourth-order valence-corrected chi connectivity index (χ4v) is 3.04. The quantitative estimate of drug-likeness (QED) is 0.856. The first-order valence-electron chi connectivity index (χ1n) is 6.49. The summed E-state index contributed by atoms with van der Waals surface area (Å²) in [6.07, 6.45) is 0. The molecule has 112 valence electrons. The van der Waals surface area contributed by atoms with Crippen molar-refractivity contribution in [1.29, 1.82) is 0 Å². The van der Waals surface area contributed by atoms with Crippen LogP contribution in [0.25, 0.3) is 0 Å². The van der Waals surface area contributed by atoms with E-state index in [4.69, 9.17) is 5.73 Å². The maximum absolute atomic E-state index is 13.4. The Labute approximate surface area is 123 Å². The maximum Gasteiger partial charge on any atom is 0.216 e. The van der Waals surface area contributed by atoms with Gasteiger partial charge < -0.3 is 5.73 Å². The summed E-state index contributed by atoms with van der Waals surface area (Å²) in [4.78, 5) is 0. The van der Waals surface area contributed by atoms with Gasteiger partial charge in [-0.1, -0.05) is 42.5 Å². The fourth-order valence-electron chi connectivity index (χ4n) is 1.95. The van der Waals surface area contributed by atoms with Crippen LogP contribution in [0.3, 0.4) is 0 Å². The molecule has 21 heavy (non-hydrogen) atoms. The van der Waals surface area contributed by atoms with E-state index in [2.05, 4.69) is 4.72 Å². The van der Waals surface area contributed by atoms with Gasteiger partial charge >= 0.3 is 0 Å². The first-order chi connectivity index (χ1) is 10.00. The molecule has 0 radical (unpaired) electrons. The van der Waals surface area contributed by atoms with E-state index in [-0.39, 0.29) is 12.3 Å². The molecule has 0 saturated heterocycles. The number of nitrogens with two attached hydrogens (primary N) is 1. The van der Waals surface area contributed by atoms with E-state index in [0.29, 0.717) is 17.7 Å². The van der Waals surface area contributed by atoms with Gasteiger partial charge in [-0.15, -0.1) is 0 Å². The highest BCUT2D eigenvalue weighted by Gasteiger charge is 2.12. The lowest BCUT2D eigenvalue weighted by molar-refractivity contribution is 0.573. The minimum Gasteiger partial charge on any atom is -0.326 e. The van der Waals surface area contributed by atoms with Gasteiger partial charge in [0.15, 0.2) is 0 Å². The maximum atomic E-state index is 13.4. The first kappa shape index (κ1) is 15.6. The van der Waals surface area contributed by atoms with Crippen molar-refractivity contribution in [1.82, 2.24) is 4.72 Å². The second kappa shape index (κ2) is 6.80. The summed E-state index contributed by atoms with van der Waals surface area (Å²) in [6.45, 7) is 0.294. The molecule has 0 aliphatic carbocycles. The Bertz CT molecular complexity index is 717. The van der Waals surface area contributed by atoms with Gasteiger partial charge in [-0.25, -0.2) is 17.5 Å². The molecular weight excluding hydrogens is 291 g/mol. The second-order valence-corrected chi connectivity index (χ2v) is 6.50. The monoisotopic (exact) mass is 308 g/mol. The van der Waals surface area contributed by atoms with Crippen molar-refractivity contribution in [3.05, 3.63) is 71.0 Å². The molecule has 6 heteroatoms. The van der Waals surface area contributed by atoms with Gasteiger partial charge in [0.25, 0.3) is 0 Å². The van der Waals surface area contributed by atoms with Crippen LogP contribution in [0, 0.1) is 5.82 Å². The largest absolute Gasteiger partial charge is 0.326 e. The van der Waals surface area contributed by atoms with Crippen LogP contribution in [0.15, 0.2) is 48.5 Å². The van der Waals surface area contributed by atoms with Crippen molar-refractivity contribution in [2.24, 2.45) is 5.73 Å². The van der Waals surface area contributed by atoms with Gasteiger partial charge in [0.2, 0.25) is 10.0 Å². The van der Waals surface area contributed by atoms with E-state index in [9.17, 15) is 12.8 Å². The molecule has 0 amide bonds. The number of hydrogen-bond acceptors (Lipinski definition) is 3. The van der Waals surface area contributed by atoms with Gasteiger partial charge in [0.05, 0.1) is 5.75 Å². The number of rotatable bonds is 6. The summed E-state index contributed by atoms with van der Waals surface area (Å²) in [7, 11) is -3.53. The van der Waals surface area contributed by atoms with Crippen molar-refractivity contribution < 1.29 is 12.8 Å². The molecule has 0 bridgehead atoms. The lowest BCUT2D eigenvalue weighted by Crippen LogP contribution is -2.25. The van der Waals surface area contributed by atoms with Crippen LogP contribution < -0.4 is 10.5 Å². The predicted octanol–water partition coefficient (Wildman–Crippen LogP) is 1.90. The Morgan fingerprint density at radius 1 is 1.05 bits per heavy atom. The zero-order valence-electron chi connectivity index (χ0n) is 11.4. The van der Waals surface area contributed by atoms with Crippen LogP contribution in [0.2, 0.25) is 0 Å². The van der Waals surface area contributed by atoms with Gasteiger partial charge in [0, 0.05) is 18.7 Å². The van der Waals surface area contributed by atoms with E-state index in [1.54, 1.807) is 36.4 Å². The van der Waals surface area contributed by atoms with Crippen molar-refractivity contribution in [3.8, 4) is 0 Å². The summed E-state index contributed by atoms with van der Waals surface area (Å²) in [5, 5.41) is 0. The van der Waals surface area contributed by atoms with Crippen LogP contribution in [-0.4, -0.2) is 8.42 Å². The highest BCUT2D eigenvalue weighted by Crippen LogP contribution is 2.10. The third-order valence-corrected chi connectivity index (χ3v) is 4.32. The average molecular weight is 308 g/mol. The van der Waals surface area contributed by atoms with Gasteiger partial charge in [0.1, 0.15) is 5.82 Å². The fraction of sp³-hybridized carbons (Fsp3) is 0.200. The molecule has 0 aliphatic heterocycles. The van der Waals surface area contributed by atoms with Crippen LogP contribution in [0.1, 0.15) is 16.7 Å². The van der Waals surface area contributed by atoms with E-state index in [0.717, 1.165) is 5.56 Å². The zero-order chi connectivity index (χ0) is 15.3. The Morgan fingerprint density at radius 2 is 1.76 bits per heavy atom. The molecule has 0 aliphatic rings. The molecule has 2 aromatic carbocycles. The molecule has 0 unspecified atom stereocenters.